The maximum Gasteiger partial charge on any atom is 0.281 e. The van der Waals surface area contributed by atoms with E-state index in [9.17, 15) is 17.6 Å². The molecule has 1 aromatic carbocycles. The topological polar surface area (TPSA) is 128 Å². The minimum absolute atomic E-state index is 0. The number of hydrogen-bond acceptors (Lipinski definition) is 8. The van der Waals surface area contributed by atoms with E-state index in [1.54, 1.807) is 12.1 Å². The molecule has 0 bridgehead atoms. The fourth-order valence-electron chi connectivity index (χ4n) is 4.79. The van der Waals surface area contributed by atoms with E-state index in [4.69, 9.17) is 15.5 Å². The smallest absolute Gasteiger partial charge is 0.281 e. The molecule has 1 aliphatic heterocycles. The zero-order chi connectivity index (χ0) is 29.2. The van der Waals surface area contributed by atoms with Gasteiger partial charge in [0.25, 0.3) is 15.9 Å². The van der Waals surface area contributed by atoms with Crippen LogP contribution in [0.3, 0.4) is 0 Å². The molecule has 4 rings (SSSR count). The molecular formula is C29H38FN5O4S. The normalized spacial score (nSPS) is 15.9. The maximum atomic E-state index is 14.6. The number of nitrogens with one attached hydrogen (secondary N) is 1. The highest BCUT2D eigenvalue weighted by molar-refractivity contribution is 7.90. The Labute approximate surface area is 236 Å². The Kier molecular flexibility index (Phi) is 8.34. The van der Waals surface area contributed by atoms with Crippen molar-refractivity contribution in [1.82, 2.24) is 14.7 Å². The number of carbonyl (C=O) groups excluding carboxylic acids is 1. The van der Waals surface area contributed by atoms with Crippen LogP contribution in [0.15, 0.2) is 53.6 Å². The van der Waals surface area contributed by atoms with E-state index >= 15 is 0 Å². The molecule has 3 aromatic rings. The van der Waals surface area contributed by atoms with Crippen molar-refractivity contribution in [2.75, 3.05) is 23.8 Å². The summed E-state index contributed by atoms with van der Waals surface area (Å²) in [5, 5.41) is -0.366. The standard InChI is InChI=1S/C29H36FN5O4S.H2/c1-18(2)17-39-21-15-19(14-20(30)16-21)23-12-11-22(27(32-23)35-13-7-8-24(35)29(3,4)5)28(36)34-40(37,38)26-10-6-9-25(31)33-26;/h6,9-12,14-16,18,24H,7-8,13,17H2,1-5H3,(H2,31,33)(H,34,36);1H. The van der Waals surface area contributed by atoms with Crippen molar-refractivity contribution in [3.8, 4) is 17.0 Å². The van der Waals surface area contributed by atoms with Crippen LogP contribution in [0.4, 0.5) is 16.0 Å². The molecule has 1 unspecified atom stereocenters. The quantitative estimate of drug-likeness (QED) is 0.374. The lowest BCUT2D eigenvalue weighted by molar-refractivity contribution is 0.0981. The summed E-state index contributed by atoms with van der Waals surface area (Å²) in [5.74, 6) is -0.342. The van der Waals surface area contributed by atoms with Crippen LogP contribution in [0.1, 0.15) is 59.2 Å². The molecule has 1 fully saturated rings. The number of nitrogens with zero attached hydrogens (tertiary/aromatic N) is 3. The van der Waals surface area contributed by atoms with Gasteiger partial charge >= 0.3 is 0 Å². The fourth-order valence-corrected chi connectivity index (χ4v) is 5.73. The molecule has 3 heterocycles. The average Bonchev–Trinajstić information content (AvgIpc) is 3.37. The van der Waals surface area contributed by atoms with Gasteiger partial charge in [-0.1, -0.05) is 40.7 Å². The predicted octanol–water partition coefficient (Wildman–Crippen LogP) is 5.28. The number of nitrogen functional groups attached to an aromatic ring is 1. The van der Waals surface area contributed by atoms with E-state index in [0.717, 1.165) is 12.8 Å². The summed E-state index contributed by atoms with van der Waals surface area (Å²) in [6, 6.07) is 11.7. The van der Waals surface area contributed by atoms with Gasteiger partial charge in [-0.05, 0) is 60.6 Å². The molecule has 0 aliphatic carbocycles. The van der Waals surface area contributed by atoms with Crippen LogP contribution in [0, 0.1) is 17.2 Å². The first-order chi connectivity index (χ1) is 18.7. The van der Waals surface area contributed by atoms with Gasteiger partial charge in [-0.3, -0.25) is 4.79 Å². The van der Waals surface area contributed by atoms with E-state index in [1.165, 1.54) is 36.4 Å². The van der Waals surface area contributed by atoms with Gasteiger partial charge in [-0.15, -0.1) is 0 Å². The van der Waals surface area contributed by atoms with Crippen LogP contribution in [0.2, 0.25) is 0 Å². The molecule has 0 saturated carbocycles. The number of anilines is 2. The Morgan fingerprint density at radius 1 is 1.20 bits per heavy atom. The summed E-state index contributed by atoms with van der Waals surface area (Å²) >= 11 is 0. The molecule has 1 amide bonds. The molecule has 2 aromatic heterocycles. The molecule has 3 N–H and O–H groups in total. The number of carbonyl (C=O) groups is 1. The van der Waals surface area contributed by atoms with Crippen molar-refractivity contribution in [3.63, 3.8) is 0 Å². The second kappa shape index (κ2) is 11.4. The van der Waals surface area contributed by atoms with Crippen LogP contribution < -0.4 is 20.1 Å². The number of rotatable bonds is 8. The van der Waals surface area contributed by atoms with Crippen LogP contribution >= 0.6 is 0 Å². The van der Waals surface area contributed by atoms with Gasteiger partial charge in [-0.25, -0.2) is 19.1 Å². The van der Waals surface area contributed by atoms with Crippen molar-refractivity contribution in [1.29, 1.82) is 0 Å². The van der Waals surface area contributed by atoms with Crippen LogP contribution in [-0.2, 0) is 10.0 Å². The third-order valence-electron chi connectivity index (χ3n) is 6.64. The van der Waals surface area contributed by atoms with Crippen LogP contribution in [-0.4, -0.2) is 43.5 Å². The molecule has 0 spiro atoms. The lowest BCUT2D eigenvalue weighted by Gasteiger charge is -2.36. The van der Waals surface area contributed by atoms with Crippen molar-refractivity contribution in [2.24, 2.45) is 11.3 Å². The van der Waals surface area contributed by atoms with Crippen molar-refractivity contribution >= 4 is 27.6 Å². The van der Waals surface area contributed by atoms with E-state index < -0.39 is 21.7 Å². The van der Waals surface area contributed by atoms with Crippen molar-refractivity contribution < 1.29 is 23.8 Å². The van der Waals surface area contributed by atoms with Gasteiger partial charge in [0.1, 0.15) is 23.2 Å². The first-order valence-corrected chi connectivity index (χ1v) is 14.7. The number of ether oxygens (including phenoxy) is 1. The van der Waals surface area contributed by atoms with Crippen LogP contribution in [0.5, 0.6) is 5.75 Å². The zero-order valence-corrected chi connectivity index (χ0v) is 24.3. The minimum atomic E-state index is -4.30. The van der Waals surface area contributed by atoms with Crippen molar-refractivity contribution in [2.45, 2.75) is 58.5 Å². The van der Waals surface area contributed by atoms with Gasteiger partial charge in [-0.2, -0.15) is 8.42 Å². The summed E-state index contributed by atoms with van der Waals surface area (Å²) in [4.78, 5) is 24.2. The Hall–Kier alpha value is -3.73. The molecule has 1 atom stereocenters. The number of halogens is 1. The first kappa shape index (κ1) is 29.3. The summed E-state index contributed by atoms with van der Waals surface area (Å²) in [7, 11) is -4.30. The number of nitrogens with two attached hydrogens (primary N) is 1. The number of pyridine rings is 2. The molecule has 0 radical (unpaired) electrons. The Morgan fingerprint density at radius 2 is 1.95 bits per heavy atom. The number of benzene rings is 1. The Bertz CT molecular complexity index is 1510. The maximum absolute atomic E-state index is 14.6. The molecule has 9 nitrogen and oxygen atoms in total. The van der Waals surface area contributed by atoms with E-state index in [-0.39, 0.29) is 35.2 Å². The average molecular weight is 572 g/mol. The van der Waals surface area contributed by atoms with Crippen LogP contribution in [0.25, 0.3) is 11.3 Å². The van der Waals surface area contributed by atoms with Gasteiger partial charge in [0.2, 0.25) is 0 Å². The second-order valence-electron chi connectivity index (χ2n) is 11.5. The zero-order valence-electron chi connectivity index (χ0n) is 23.4. The van der Waals surface area contributed by atoms with Crippen molar-refractivity contribution in [3.05, 3.63) is 59.9 Å². The third kappa shape index (κ3) is 6.70. The fraction of sp³-hybridized carbons (Fsp3) is 0.414. The molecule has 1 saturated heterocycles. The lowest BCUT2D eigenvalue weighted by Crippen LogP contribution is -2.41. The summed E-state index contributed by atoms with van der Waals surface area (Å²) < 4.78 is 48.3. The largest absolute Gasteiger partial charge is 0.493 e. The summed E-state index contributed by atoms with van der Waals surface area (Å²) in [6.07, 6.45) is 1.77. The van der Waals surface area contributed by atoms with Gasteiger partial charge in [0.15, 0.2) is 5.03 Å². The predicted molar refractivity (Wildman–Crippen MR) is 155 cm³/mol. The van der Waals surface area contributed by atoms with Gasteiger partial charge in [0, 0.05) is 25.6 Å². The number of amides is 1. The minimum Gasteiger partial charge on any atom is -0.493 e. The Balaban J connectivity index is 0.00000462. The number of sulfonamides is 1. The highest BCUT2D eigenvalue weighted by atomic mass is 32.2. The molecule has 40 heavy (non-hydrogen) atoms. The third-order valence-corrected chi connectivity index (χ3v) is 7.87. The highest BCUT2D eigenvalue weighted by Gasteiger charge is 2.37. The monoisotopic (exact) mass is 571 g/mol. The summed E-state index contributed by atoms with van der Waals surface area (Å²) in [5.41, 5.74) is 6.50. The summed E-state index contributed by atoms with van der Waals surface area (Å²) in [6.45, 7) is 11.4. The molecule has 216 valence electrons. The molecular weight excluding hydrogens is 533 g/mol. The molecule has 11 heteroatoms. The van der Waals surface area contributed by atoms with Gasteiger partial charge in [0.05, 0.1) is 17.9 Å². The SMILES string of the molecule is CC(C)COc1cc(F)cc(-c2ccc(C(=O)NS(=O)(=O)c3cccc(N)n3)c(N3CCCC3C(C)(C)C)n2)c1.[HH]. The lowest BCUT2D eigenvalue weighted by atomic mass is 9.85. The van der Waals surface area contributed by atoms with E-state index in [2.05, 4.69) is 30.5 Å². The van der Waals surface area contributed by atoms with Gasteiger partial charge < -0.3 is 15.4 Å². The number of aromatic nitrogens is 2. The highest BCUT2D eigenvalue weighted by Crippen LogP contribution is 2.38. The van der Waals surface area contributed by atoms with E-state index in [0.29, 0.717) is 36.0 Å². The first-order valence-electron chi connectivity index (χ1n) is 13.3. The van der Waals surface area contributed by atoms with E-state index in [1.807, 2.05) is 18.7 Å². The Morgan fingerprint density at radius 3 is 2.62 bits per heavy atom. The second-order valence-corrected chi connectivity index (χ2v) is 13.1. The number of hydrogen-bond donors (Lipinski definition) is 2. The molecule has 1 aliphatic rings.